The van der Waals surface area contributed by atoms with Crippen molar-refractivity contribution in [3.8, 4) is 5.75 Å². The molecule has 1 heterocycles. The number of halogens is 2. The lowest BCUT2D eigenvalue weighted by atomic mass is 10.2. The molecule has 0 radical (unpaired) electrons. The fourth-order valence-electron chi connectivity index (χ4n) is 2.90. The van der Waals surface area contributed by atoms with Gasteiger partial charge in [0.2, 0.25) is 0 Å². The maximum atomic E-state index is 13.6. The van der Waals surface area contributed by atoms with Crippen molar-refractivity contribution in [1.82, 2.24) is 9.80 Å². The zero-order chi connectivity index (χ0) is 18.5. The van der Waals surface area contributed by atoms with E-state index in [0.29, 0.717) is 26.2 Å². The Morgan fingerprint density at radius 1 is 1.04 bits per heavy atom. The molecule has 1 N–H and O–H groups in total. The van der Waals surface area contributed by atoms with Gasteiger partial charge in [0, 0.05) is 32.7 Å². The second kappa shape index (κ2) is 8.14. The summed E-state index contributed by atoms with van der Waals surface area (Å²) in [5, 5.41) is 2.33. The van der Waals surface area contributed by atoms with Gasteiger partial charge < -0.3 is 15.0 Å². The summed E-state index contributed by atoms with van der Waals surface area (Å²) in [6, 6.07) is 10.9. The summed E-state index contributed by atoms with van der Waals surface area (Å²) in [5.74, 6) is -0.747. The largest absolute Gasteiger partial charge is 0.497 e. The second-order valence-corrected chi connectivity index (χ2v) is 6.14. The normalized spacial score (nSPS) is 15.0. The molecule has 1 saturated heterocycles. The van der Waals surface area contributed by atoms with Gasteiger partial charge in [-0.2, -0.15) is 0 Å². The minimum Gasteiger partial charge on any atom is -0.497 e. The minimum atomic E-state index is -0.781. The van der Waals surface area contributed by atoms with Crippen LogP contribution in [0.3, 0.4) is 0 Å². The number of nitrogens with zero attached hydrogens (tertiary/aromatic N) is 2. The van der Waals surface area contributed by atoms with E-state index in [0.717, 1.165) is 30.0 Å². The molecule has 0 atom stereocenters. The van der Waals surface area contributed by atoms with Gasteiger partial charge in [-0.15, -0.1) is 0 Å². The zero-order valence-corrected chi connectivity index (χ0v) is 14.5. The first-order valence-electron chi connectivity index (χ1n) is 8.42. The van der Waals surface area contributed by atoms with Gasteiger partial charge in [0.15, 0.2) is 0 Å². The van der Waals surface area contributed by atoms with Crippen molar-refractivity contribution in [1.29, 1.82) is 0 Å². The Kier molecular flexibility index (Phi) is 5.68. The third kappa shape index (κ3) is 4.29. The first kappa shape index (κ1) is 18.1. The molecule has 26 heavy (non-hydrogen) atoms. The number of hydrogen-bond acceptors (Lipinski definition) is 3. The average molecular weight is 361 g/mol. The molecule has 0 saturated carbocycles. The molecule has 0 aliphatic carbocycles. The summed E-state index contributed by atoms with van der Waals surface area (Å²) in [4.78, 5) is 16.1. The Bertz CT molecular complexity index is 740. The molecule has 3 rings (SSSR count). The van der Waals surface area contributed by atoms with Crippen molar-refractivity contribution in [2.45, 2.75) is 6.54 Å². The van der Waals surface area contributed by atoms with Crippen LogP contribution in [0.1, 0.15) is 5.56 Å². The molecule has 2 amide bonds. The summed E-state index contributed by atoms with van der Waals surface area (Å²) >= 11 is 0. The first-order valence-corrected chi connectivity index (χ1v) is 8.42. The quantitative estimate of drug-likeness (QED) is 0.909. The van der Waals surface area contributed by atoms with Crippen molar-refractivity contribution >= 4 is 11.7 Å². The molecule has 0 bridgehead atoms. The lowest BCUT2D eigenvalue weighted by Gasteiger charge is -2.34. The van der Waals surface area contributed by atoms with Gasteiger partial charge in [-0.05, 0) is 29.8 Å². The van der Waals surface area contributed by atoms with Crippen molar-refractivity contribution in [2.24, 2.45) is 0 Å². The average Bonchev–Trinajstić information content (AvgIpc) is 2.66. The highest BCUT2D eigenvalue weighted by Gasteiger charge is 2.22. The highest BCUT2D eigenvalue weighted by molar-refractivity contribution is 5.89. The minimum absolute atomic E-state index is 0.404. The van der Waals surface area contributed by atoms with E-state index in [-0.39, 0.29) is 0 Å². The number of rotatable bonds is 4. The zero-order valence-electron chi connectivity index (χ0n) is 14.5. The number of piperazine rings is 1. The Hall–Kier alpha value is -2.67. The smallest absolute Gasteiger partial charge is 0.322 e. The van der Waals surface area contributed by atoms with Crippen LogP contribution in [0.2, 0.25) is 0 Å². The van der Waals surface area contributed by atoms with Crippen LogP contribution in [-0.2, 0) is 6.54 Å². The third-order valence-corrected chi connectivity index (χ3v) is 4.42. The highest BCUT2D eigenvalue weighted by atomic mass is 19.1. The lowest BCUT2D eigenvalue weighted by Crippen LogP contribution is -2.49. The fourth-order valence-corrected chi connectivity index (χ4v) is 2.90. The van der Waals surface area contributed by atoms with Crippen molar-refractivity contribution < 1.29 is 18.3 Å². The Morgan fingerprint density at radius 2 is 1.65 bits per heavy atom. The maximum Gasteiger partial charge on any atom is 0.322 e. The molecular weight excluding hydrogens is 340 g/mol. The van der Waals surface area contributed by atoms with E-state index in [2.05, 4.69) is 10.2 Å². The monoisotopic (exact) mass is 361 g/mol. The number of ether oxygens (including phenoxy) is 1. The summed E-state index contributed by atoms with van der Waals surface area (Å²) in [5.41, 5.74) is 0.760. The molecule has 0 spiro atoms. The molecule has 0 unspecified atom stereocenters. The molecule has 0 aromatic heterocycles. The van der Waals surface area contributed by atoms with E-state index in [9.17, 15) is 13.6 Å². The van der Waals surface area contributed by atoms with Crippen LogP contribution in [0.25, 0.3) is 0 Å². The van der Waals surface area contributed by atoms with Gasteiger partial charge in [0.25, 0.3) is 0 Å². The van der Waals surface area contributed by atoms with Gasteiger partial charge in [-0.3, -0.25) is 4.90 Å². The van der Waals surface area contributed by atoms with Crippen LogP contribution in [0, 0.1) is 11.6 Å². The molecule has 2 aromatic carbocycles. The molecular formula is C19H21F2N3O2. The second-order valence-electron chi connectivity index (χ2n) is 6.14. The molecule has 7 heteroatoms. The van der Waals surface area contributed by atoms with Gasteiger partial charge in [-0.25, -0.2) is 13.6 Å². The van der Waals surface area contributed by atoms with Crippen molar-refractivity contribution in [3.63, 3.8) is 0 Å². The van der Waals surface area contributed by atoms with Crippen molar-refractivity contribution in [2.75, 3.05) is 38.6 Å². The van der Waals surface area contributed by atoms with Gasteiger partial charge >= 0.3 is 6.03 Å². The number of amides is 2. The molecule has 1 aliphatic heterocycles. The van der Waals surface area contributed by atoms with Crippen LogP contribution in [0.15, 0.2) is 42.5 Å². The van der Waals surface area contributed by atoms with E-state index in [1.165, 1.54) is 6.07 Å². The number of carbonyl (C=O) groups excluding carboxylic acids is 1. The predicted molar refractivity (Wildman–Crippen MR) is 95.2 cm³/mol. The SMILES string of the molecule is COc1ccc(CN2CCN(C(=O)Nc3c(F)cccc3F)CC2)cc1. The van der Waals surface area contributed by atoms with Crippen LogP contribution in [0.4, 0.5) is 19.3 Å². The van der Waals surface area contributed by atoms with E-state index in [1.54, 1.807) is 12.0 Å². The van der Waals surface area contributed by atoms with Gasteiger partial charge in [0.05, 0.1) is 7.11 Å². The molecule has 1 aliphatic rings. The van der Waals surface area contributed by atoms with Crippen LogP contribution < -0.4 is 10.1 Å². The third-order valence-electron chi connectivity index (χ3n) is 4.42. The Balaban J connectivity index is 1.52. The molecule has 1 fully saturated rings. The number of carbonyl (C=O) groups is 1. The highest BCUT2D eigenvalue weighted by Crippen LogP contribution is 2.19. The maximum absolute atomic E-state index is 13.6. The molecule has 2 aromatic rings. The number of hydrogen-bond donors (Lipinski definition) is 1. The fraction of sp³-hybridized carbons (Fsp3) is 0.316. The first-order chi connectivity index (χ1) is 12.6. The number of para-hydroxylation sites is 1. The van der Waals surface area contributed by atoms with Crippen LogP contribution >= 0.6 is 0 Å². The summed E-state index contributed by atoms with van der Waals surface area (Å²) < 4.78 is 32.4. The number of anilines is 1. The predicted octanol–water partition coefficient (Wildman–Crippen LogP) is 3.32. The summed E-state index contributed by atoms with van der Waals surface area (Å²) in [7, 11) is 1.63. The molecule has 138 valence electrons. The van der Waals surface area contributed by atoms with Gasteiger partial charge in [0.1, 0.15) is 23.1 Å². The number of nitrogens with one attached hydrogen (secondary N) is 1. The number of urea groups is 1. The summed E-state index contributed by atoms with van der Waals surface area (Å²) in [6.07, 6.45) is 0. The van der Waals surface area contributed by atoms with E-state index in [1.807, 2.05) is 24.3 Å². The Morgan fingerprint density at radius 3 is 2.23 bits per heavy atom. The van der Waals surface area contributed by atoms with Crippen LogP contribution in [-0.4, -0.2) is 49.1 Å². The van der Waals surface area contributed by atoms with Gasteiger partial charge in [-0.1, -0.05) is 18.2 Å². The van der Waals surface area contributed by atoms with Crippen molar-refractivity contribution in [3.05, 3.63) is 59.7 Å². The summed E-state index contributed by atoms with van der Waals surface area (Å²) in [6.45, 7) is 3.16. The van der Waals surface area contributed by atoms with E-state index < -0.39 is 23.4 Å². The Labute approximate surface area is 151 Å². The van der Waals surface area contributed by atoms with E-state index in [4.69, 9.17) is 4.74 Å². The van der Waals surface area contributed by atoms with Crippen LogP contribution in [0.5, 0.6) is 5.75 Å². The van der Waals surface area contributed by atoms with E-state index >= 15 is 0 Å². The topological polar surface area (TPSA) is 44.8 Å². The number of benzene rings is 2. The molecule has 5 nitrogen and oxygen atoms in total. The standard InChI is InChI=1S/C19H21F2N3O2/c1-26-15-7-5-14(6-8-15)13-23-9-11-24(12-10-23)19(25)22-18-16(20)3-2-4-17(18)21/h2-8H,9-13H2,1H3,(H,22,25). The number of methoxy groups -OCH3 is 1. The lowest BCUT2D eigenvalue weighted by molar-refractivity contribution is 0.143.